The van der Waals surface area contributed by atoms with E-state index in [1.165, 1.54) is 103 Å². The van der Waals surface area contributed by atoms with Gasteiger partial charge >= 0.3 is 5.97 Å². The van der Waals surface area contributed by atoms with Gasteiger partial charge in [-0.15, -0.1) is 0 Å². The van der Waals surface area contributed by atoms with Crippen LogP contribution in [0.2, 0.25) is 0 Å². The fourth-order valence-corrected chi connectivity index (χ4v) is 3.37. The van der Waals surface area contributed by atoms with E-state index in [0.717, 1.165) is 0 Å². The number of ether oxygens (including phenoxy) is 1. The first kappa shape index (κ1) is 31.5. The van der Waals surface area contributed by atoms with Crippen molar-refractivity contribution < 1.29 is 28.2 Å². The molecule has 7 heteroatoms. The van der Waals surface area contributed by atoms with Crippen LogP contribution in [0.1, 0.15) is 117 Å². The van der Waals surface area contributed by atoms with Gasteiger partial charge in [-0.2, -0.15) is 0 Å². The number of rotatable bonds is 19. The summed E-state index contributed by atoms with van der Waals surface area (Å²) >= 11 is 0. The minimum Gasteiger partial charge on any atom is -0.748 e. The Morgan fingerprint density at radius 3 is 1.47 bits per heavy atom. The Bertz CT molecular complexity index is 460. The molecule has 0 aromatic heterocycles. The zero-order valence-electron chi connectivity index (χ0n) is 20.0. The Labute approximate surface area is 186 Å². The number of esters is 1. The van der Waals surface area contributed by atoms with Crippen molar-refractivity contribution in [3.05, 3.63) is 0 Å². The second-order valence-electron chi connectivity index (χ2n) is 8.32. The molecule has 0 bridgehead atoms. The lowest BCUT2D eigenvalue weighted by Crippen LogP contribution is -2.54. The molecule has 1 atom stereocenters. The van der Waals surface area contributed by atoms with Gasteiger partial charge in [0.2, 0.25) is 0 Å². The molecule has 0 spiro atoms. The van der Waals surface area contributed by atoms with Crippen molar-refractivity contribution in [1.29, 1.82) is 0 Å². The largest absolute Gasteiger partial charge is 0.748 e. The number of unbranched alkanes of at least 4 members (excludes halogenated alkanes) is 12. The van der Waals surface area contributed by atoms with Crippen LogP contribution < -0.4 is 5.73 Å². The van der Waals surface area contributed by atoms with Gasteiger partial charge in [0.1, 0.15) is 0 Å². The highest BCUT2D eigenvalue weighted by molar-refractivity contribution is 7.84. The number of quaternary nitrogens is 1. The number of hydrogen-bond acceptors (Lipinski definition) is 5. The summed E-state index contributed by atoms with van der Waals surface area (Å²) in [5.41, 5.74) is 3.61. The van der Waals surface area contributed by atoms with E-state index in [4.69, 9.17) is 17.7 Å². The third-order valence-electron chi connectivity index (χ3n) is 5.12. The van der Waals surface area contributed by atoms with Gasteiger partial charge in [-0.1, -0.05) is 104 Å². The number of carbonyl (C=O) groups excluding carboxylic acids is 1. The van der Waals surface area contributed by atoms with Gasteiger partial charge in [0.25, 0.3) is 0 Å². The molecule has 0 aliphatic heterocycles. The molecule has 0 aliphatic carbocycles. The maximum Gasteiger partial charge on any atom is 0.361 e. The summed E-state index contributed by atoms with van der Waals surface area (Å²) in [6.45, 7) is 5.39. The molecular formula is C23H49NO5S. The molecule has 0 fully saturated rings. The van der Waals surface area contributed by atoms with Crippen molar-refractivity contribution in [2.75, 3.05) is 19.4 Å². The van der Waals surface area contributed by atoms with Crippen LogP contribution in [0.15, 0.2) is 0 Å². The van der Waals surface area contributed by atoms with Crippen LogP contribution in [0, 0.1) is 5.92 Å². The minimum absolute atomic E-state index is 0.149. The standard InChI is InChI=1S/C22H45NO2.CH4O3S/c1-3-5-7-9-11-12-14-16-18-21(20-25-22(24)19-23)17-15-13-10-8-6-4-2;1-5(2,3)4/h21H,3-20,23H2,1-2H3;1H3,(H,2,3,4). The van der Waals surface area contributed by atoms with Gasteiger partial charge in [0, 0.05) is 6.26 Å². The van der Waals surface area contributed by atoms with E-state index in [0.29, 0.717) is 18.8 Å². The Balaban J connectivity index is 0. The third-order valence-corrected chi connectivity index (χ3v) is 5.12. The summed E-state index contributed by atoms with van der Waals surface area (Å²) in [5.74, 6) is 0.408. The van der Waals surface area contributed by atoms with E-state index < -0.39 is 10.1 Å². The lowest BCUT2D eigenvalue weighted by molar-refractivity contribution is -0.359. The first-order chi connectivity index (χ1) is 14.2. The van der Waals surface area contributed by atoms with Crippen LogP contribution in [-0.4, -0.2) is 38.3 Å². The Morgan fingerprint density at radius 2 is 1.13 bits per heavy atom. The van der Waals surface area contributed by atoms with Gasteiger partial charge in [-0.05, 0) is 18.8 Å². The van der Waals surface area contributed by atoms with E-state index in [1.807, 2.05) is 0 Å². The zero-order chi connectivity index (χ0) is 23.1. The summed E-state index contributed by atoms with van der Waals surface area (Å²) in [6, 6.07) is 0. The van der Waals surface area contributed by atoms with Crippen molar-refractivity contribution in [3.8, 4) is 0 Å². The normalized spacial score (nSPS) is 12.2. The van der Waals surface area contributed by atoms with Crippen LogP contribution in [0.3, 0.4) is 0 Å². The number of carbonyl (C=O) groups is 1. The van der Waals surface area contributed by atoms with Crippen LogP contribution in [0.5, 0.6) is 0 Å². The Morgan fingerprint density at radius 1 is 0.800 bits per heavy atom. The molecule has 0 rings (SSSR count). The van der Waals surface area contributed by atoms with Crippen LogP contribution in [0.25, 0.3) is 0 Å². The van der Waals surface area contributed by atoms with Gasteiger partial charge in [-0.3, -0.25) is 0 Å². The summed E-state index contributed by atoms with van der Waals surface area (Å²) in [5, 5.41) is 0. The predicted molar refractivity (Wildman–Crippen MR) is 123 cm³/mol. The molecule has 0 aromatic carbocycles. The highest BCUT2D eigenvalue weighted by atomic mass is 32.2. The van der Waals surface area contributed by atoms with Crippen molar-refractivity contribution in [2.45, 2.75) is 117 Å². The molecule has 30 heavy (non-hydrogen) atoms. The molecule has 0 amide bonds. The van der Waals surface area contributed by atoms with E-state index in [9.17, 15) is 4.79 Å². The quantitative estimate of drug-likeness (QED) is 0.172. The van der Waals surface area contributed by atoms with Crippen molar-refractivity contribution >= 4 is 16.1 Å². The molecule has 0 saturated carbocycles. The number of hydrogen-bond donors (Lipinski definition) is 1. The molecule has 0 saturated heterocycles. The third kappa shape index (κ3) is 32.0. The molecular weight excluding hydrogens is 402 g/mol. The van der Waals surface area contributed by atoms with Crippen LogP contribution >= 0.6 is 0 Å². The molecule has 182 valence electrons. The first-order valence-electron chi connectivity index (χ1n) is 12.1. The average Bonchev–Trinajstić information content (AvgIpc) is 2.68. The van der Waals surface area contributed by atoms with E-state index in [1.54, 1.807) is 0 Å². The van der Waals surface area contributed by atoms with Crippen molar-refractivity contribution in [2.24, 2.45) is 5.92 Å². The van der Waals surface area contributed by atoms with Gasteiger partial charge in [0.05, 0.1) is 16.7 Å². The average molecular weight is 452 g/mol. The SMILES string of the molecule is CCCCCCCCCCC(CCCCCCCC)COC(=O)C[NH3+].CS(=O)(=O)[O-]. The second-order valence-corrected chi connectivity index (χ2v) is 9.73. The predicted octanol–water partition coefficient (Wildman–Crippen LogP) is 4.83. The van der Waals surface area contributed by atoms with Gasteiger partial charge in [0.15, 0.2) is 6.54 Å². The Hall–Kier alpha value is -0.660. The lowest BCUT2D eigenvalue weighted by Gasteiger charge is -2.16. The fraction of sp³-hybridized carbons (Fsp3) is 0.957. The molecule has 6 nitrogen and oxygen atoms in total. The van der Waals surface area contributed by atoms with E-state index >= 15 is 0 Å². The highest BCUT2D eigenvalue weighted by Crippen LogP contribution is 2.20. The van der Waals surface area contributed by atoms with Crippen molar-refractivity contribution in [1.82, 2.24) is 0 Å². The molecule has 0 heterocycles. The van der Waals surface area contributed by atoms with E-state index in [-0.39, 0.29) is 12.5 Å². The van der Waals surface area contributed by atoms with E-state index in [2.05, 4.69) is 19.6 Å². The highest BCUT2D eigenvalue weighted by Gasteiger charge is 2.12. The second kappa shape index (κ2) is 23.0. The minimum atomic E-state index is -3.92. The first-order valence-corrected chi connectivity index (χ1v) is 13.9. The molecule has 0 aromatic rings. The molecule has 3 N–H and O–H groups in total. The van der Waals surface area contributed by atoms with Gasteiger partial charge < -0.3 is 15.0 Å². The Kier molecular flexibility index (Phi) is 24.2. The maximum atomic E-state index is 11.4. The smallest absolute Gasteiger partial charge is 0.361 e. The van der Waals surface area contributed by atoms with Crippen LogP contribution in [-0.2, 0) is 19.6 Å². The summed E-state index contributed by atoms with van der Waals surface area (Å²) in [7, 11) is -3.92. The lowest BCUT2D eigenvalue weighted by atomic mass is 9.94. The molecule has 0 radical (unpaired) electrons. The van der Waals surface area contributed by atoms with Gasteiger partial charge in [-0.25, -0.2) is 13.2 Å². The molecule has 0 aliphatic rings. The zero-order valence-corrected chi connectivity index (χ0v) is 20.8. The summed E-state index contributed by atoms with van der Waals surface area (Å²) in [6.07, 6.45) is 21.9. The molecule has 1 unspecified atom stereocenters. The fourth-order valence-electron chi connectivity index (χ4n) is 3.37. The maximum absolute atomic E-state index is 11.4. The summed E-state index contributed by atoms with van der Waals surface area (Å²) < 4.78 is 32.6. The monoisotopic (exact) mass is 451 g/mol. The summed E-state index contributed by atoms with van der Waals surface area (Å²) in [4.78, 5) is 11.4. The van der Waals surface area contributed by atoms with Crippen LogP contribution in [0.4, 0.5) is 0 Å². The topological polar surface area (TPSA) is 111 Å². The van der Waals surface area contributed by atoms with Crippen molar-refractivity contribution in [3.63, 3.8) is 0 Å².